The van der Waals surface area contributed by atoms with E-state index in [9.17, 15) is 0 Å². The number of rotatable bonds is 10. The van der Waals surface area contributed by atoms with Crippen molar-refractivity contribution in [2.75, 3.05) is 20.3 Å². The van der Waals surface area contributed by atoms with Gasteiger partial charge in [0.1, 0.15) is 0 Å². The van der Waals surface area contributed by atoms with Gasteiger partial charge in [-0.1, -0.05) is 27.2 Å². The van der Waals surface area contributed by atoms with Gasteiger partial charge in [0, 0.05) is 19.8 Å². The SMILES string of the molecule is CCCNC(CCC)CCC(C)COC. The van der Waals surface area contributed by atoms with Crippen molar-refractivity contribution in [1.82, 2.24) is 5.32 Å². The first-order chi connectivity index (χ1) is 7.24. The molecule has 2 atom stereocenters. The molecule has 0 heterocycles. The monoisotopic (exact) mass is 215 g/mol. The molecule has 0 saturated carbocycles. The molecule has 2 unspecified atom stereocenters. The van der Waals surface area contributed by atoms with Crippen LogP contribution in [0, 0.1) is 5.92 Å². The molecule has 0 spiro atoms. The van der Waals surface area contributed by atoms with Crippen molar-refractivity contribution >= 4 is 0 Å². The van der Waals surface area contributed by atoms with Crippen LogP contribution in [-0.4, -0.2) is 26.3 Å². The zero-order chi connectivity index (χ0) is 11.5. The number of hydrogen-bond acceptors (Lipinski definition) is 2. The summed E-state index contributed by atoms with van der Waals surface area (Å²) in [5, 5.41) is 3.63. The van der Waals surface area contributed by atoms with E-state index in [2.05, 4.69) is 26.1 Å². The van der Waals surface area contributed by atoms with Gasteiger partial charge in [0.25, 0.3) is 0 Å². The van der Waals surface area contributed by atoms with Crippen molar-refractivity contribution in [3.63, 3.8) is 0 Å². The van der Waals surface area contributed by atoms with Crippen LogP contribution < -0.4 is 5.32 Å². The Balaban J connectivity index is 3.63. The first-order valence-electron chi connectivity index (χ1n) is 6.46. The quantitative estimate of drug-likeness (QED) is 0.604. The Morgan fingerprint density at radius 2 is 1.80 bits per heavy atom. The van der Waals surface area contributed by atoms with Gasteiger partial charge < -0.3 is 10.1 Å². The maximum Gasteiger partial charge on any atom is 0.0487 e. The Morgan fingerprint density at radius 1 is 1.07 bits per heavy atom. The summed E-state index contributed by atoms with van der Waals surface area (Å²) in [7, 11) is 1.79. The van der Waals surface area contributed by atoms with Gasteiger partial charge in [-0.05, 0) is 38.1 Å². The molecule has 0 amide bonds. The molecule has 0 aliphatic rings. The molecule has 2 nitrogen and oxygen atoms in total. The van der Waals surface area contributed by atoms with Crippen molar-refractivity contribution in [2.24, 2.45) is 5.92 Å². The predicted molar refractivity (Wildman–Crippen MR) is 67.3 cm³/mol. The minimum atomic E-state index is 0.692. The Labute approximate surface area is 95.8 Å². The molecule has 0 aromatic heterocycles. The second-order valence-electron chi connectivity index (χ2n) is 4.58. The van der Waals surface area contributed by atoms with Crippen LogP contribution in [0.5, 0.6) is 0 Å². The molecular weight excluding hydrogens is 186 g/mol. The van der Waals surface area contributed by atoms with E-state index in [4.69, 9.17) is 4.74 Å². The zero-order valence-electron chi connectivity index (χ0n) is 11.0. The number of ether oxygens (including phenoxy) is 1. The standard InChI is InChI=1S/C13H29NO/c1-5-7-13(14-10-6-2)9-8-12(3)11-15-4/h12-14H,5-11H2,1-4H3. The van der Waals surface area contributed by atoms with Crippen LogP contribution in [0.1, 0.15) is 52.9 Å². The molecule has 0 bridgehead atoms. The molecule has 2 heteroatoms. The highest BCUT2D eigenvalue weighted by Crippen LogP contribution is 2.11. The highest BCUT2D eigenvalue weighted by molar-refractivity contribution is 4.67. The highest BCUT2D eigenvalue weighted by Gasteiger charge is 2.09. The second kappa shape index (κ2) is 10.4. The molecule has 0 saturated heterocycles. The van der Waals surface area contributed by atoms with Crippen LogP contribution in [0.3, 0.4) is 0 Å². The molecule has 92 valence electrons. The largest absolute Gasteiger partial charge is 0.384 e. The first-order valence-corrected chi connectivity index (χ1v) is 6.46. The Morgan fingerprint density at radius 3 is 2.33 bits per heavy atom. The smallest absolute Gasteiger partial charge is 0.0487 e. The predicted octanol–water partition coefficient (Wildman–Crippen LogP) is 3.22. The first kappa shape index (κ1) is 14.9. The normalized spacial score (nSPS) is 15.2. The van der Waals surface area contributed by atoms with Crippen LogP contribution in [0.25, 0.3) is 0 Å². The van der Waals surface area contributed by atoms with E-state index in [1.807, 2.05) is 0 Å². The van der Waals surface area contributed by atoms with Crippen molar-refractivity contribution in [2.45, 2.75) is 58.9 Å². The molecule has 1 N–H and O–H groups in total. The fourth-order valence-electron chi connectivity index (χ4n) is 1.90. The van der Waals surface area contributed by atoms with Crippen molar-refractivity contribution in [3.05, 3.63) is 0 Å². The fourth-order valence-corrected chi connectivity index (χ4v) is 1.90. The average Bonchev–Trinajstić information content (AvgIpc) is 2.22. The summed E-state index contributed by atoms with van der Waals surface area (Å²) in [5.74, 6) is 0.692. The van der Waals surface area contributed by atoms with E-state index in [0.717, 1.165) is 13.2 Å². The van der Waals surface area contributed by atoms with Crippen molar-refractivity contribution in [3.8, 4) is 0 Å². The Hall–Kier alpha value is -0.0800. The second-order valence-corrected chi connectivity index (χ2v) is 4.58. The molecule has 0 radical (unpaired) electrons. The van der Waals surface area contributed by atoms with Crippen molar-refractivity contribution < 1.29 is 4.74 Å². The highest BCUT2D eigenvalue weighted by atomic mass is 16.5. The van der Waals surface area contributed by atoms with E-state index in [1.165, 1.54) is 32.1 Å². The van der Waals surface area contributed by atoms with Gasteiger partial charge in [-0.15, -0.1) is 0 Å². The van der Waals surface area contributed by atoms with Gasteiger partial charge in [0.05, 0.1) is 0 Å². The van der Waals surface area contributed by atoms with Gasteiger partial charge in [-0.25, -0.2) is 0 Å². The minimum Gasteiger partial charge on any atom is -0.384 e. The zero-order valence-corrected chi connectivity index (χ0v) is 11.0. The average molecular weight is 215 g/mol. The van der Waals surface area contributed by atoms with E-state index < -0.39 is 0 Å². The van der Waals surface area contributed by atoms with E-state index in [1.54, 1.807) is 7.11 Å². The Kier molecular flexibility index (Phi) is 10.4. The number of methoxy groups -OCH3 is 1. The fraction of sp³-hybridized carbons (Fsp3) is 1.00. The minimum absolute atomic E-state index is 0.692. The van der Waals surface area contributed by atoms with Crippen LogP contribution in [0.4, 0.5) is 0 Å². The number of hydrogen-bond donors (Lipinski definition) is 1. The van der Waals surface area contributed by atoms with Gasteiger partial charge in [0.15, 0.2) is 0 Å². The van der Waals surface area contributed by atoms with Crippen molar-refractivity contribution in [1.29, 1.82) is 0 Å². The lowest BCUT2D eigenvalue weighted by Crippen LogP contribution is -2.30. The van der Waals surface area contributed by atoms with Crippen LogP contribution in [0.15, 0.2) is 0 Å². The molecule has 15 heavy (non-hydrogen) atoms. The van der Waals surface area contributed by atoms with Gasteiger partial charge in [0.2, 0.25) is 0 Å². The molecule has 0 aromatic carbocycles. The molecule has 0 rings (SSSR count). The lowest BCUT2D eigenvalue weighted by molar-refractivity contribution is 0.152. The molecule has 0 fully saturated rings. The van der Waals surface area contributed by atoms with Crippen LogP contribution >= 0.6 is 0 Å². The van der Waals surface area contributed by atoms with Gasteiger partial charge in [-0.3, -0.25) is 0 Å². The lowest BCUT2D eigenvalue weighted by atomic mass is 9.99. The third kappa shape index (κ3) is 8.88. The third-order valence-electron chi connectivity index (χ3n) is 2.78. The summed E-state index contributed by atoms with van der Waals surface area (Å²) in [6.07, 6.45) is 6.38. The summed E-state index contributed by atoms with van der Waals surface area (Å²) in [6, 6.07) is 0.717. The lowest BCUT2D eigenvalue weighted by Gasteiger charge is -2.19. The topological polar surface area (TPSA) is 21.3 Å². The van der Waals surface area contributed by atoms with E-state index in [-0.39, 0.29) is 0 Å². The summed E-state index contributed by atoms with van der Waals surface area (Å²) < 4.78 is 5.16. The van der Waals surface area contributed by atoms with Gasteiger partial charge in [-0.2, -0.15) is 0 Å². The maximum atomic E-state index is 5.16. The summed E-state index contributed by atoms with van der Waals surface area (Å²) >= 11 is 0. The summed E-state index contributed by atoms with van der Waals surface area (Å²) in [6.45, 7) is 8.81. The van der Waals surface area contributed by atoms with E-state index >= 15 is 0 Å². The molecule has 0 aliphatic carbocycles. The summed E-state index contributed by atoms with van der Waals surface area (Å²) in [5.41, 5.74) is 0. The van der Waals surface area contributed by atoms with Crippen LogP contribution in [-0.2, 0) is 4.74 Å². The third-order valence-corrected chi connectivity index (χ3v) is 2.78. The van der Waals surface area contributed by atoms with Gasteiger partial charge >= 0.3 is 0 Å². The summed E-state index contributed by atoms with van der Waals surface area (Å²) in [4.78, 5) is 0. The molecule has 0 aromatic rings. The maximum absolute atomic E-state index is 5.16. The van der Waals surface area contributed by atoms with E-state index in [0.29, 0.717) is 12.0 Å². The molecular formula is C13H29NO. The van der Waals surface area contributed by atoms with Crippen LogP contribution in [0.2, 0.25) is 0 Å². The Bertz CT molecular complexity index is 128. The number of nitrogens with one attached hydrogen (secondary N) is 1. The molecule has 0 aliphatic heterocycles.